The quantitative estimate of drug-likeness (QED) is 0.291. The number of urea groups is 1. The molecule has 0 radical (unpaired) electrons. The van der Waals surface area contributed by atoms with Crippen molar-refractivity contribution >= 4 is 22.0 Å². The van der Waals surface area contributed by atoms with E-state index < -0.39 is 33.7 Å². The van der Waals surface area contributed by atoms with E-state index in [0.717, 1.165) is 4.57 Å². The van der Waals surface area contributed by atoms with Gasteiger partial charge < -0.3 is 14.0 Å². The van der Waals surface area contributed by atoms with Gasteiger partial charge in [0, 0.05) is 26.8 Å². The van der Waals surface area contributed by atoms with Gasteiger partial charge in [-0.2, -0.15) is 9.35 Å². The van der Waals surface area contributed by atoms with Gasteiger partial charge in [-0.05, 0) is 5.57 Å². The summed E-state index contributed by atoms with van der Waals surface area (Å²) >= 11 is 0. The van der Waals surface area contributed by atoms with Crippen LogP contribution < -0.4 is 40.8 Å². The summed E-state index contributed by atoms with van der Waals surface area (Å²) in [6.45, 7) is 0.182. The van der Waals surface area contributed by atoms with E-state index in [1.807, 2.05) is 0 Å². The molecule has 3 heterocycles. The maximum atomic E-state index is 12.4. The van der Waals surface area contributed by atoms with E-state index in [-0.39, 0.29) is 48.2 Å². The van der Waals surface area contributed by atoms with E-state index in [4.69, 9.17) is 0 Å². The van der Waals surface area contributed by atoms with Gasteiger partial charge in [-0.25, -0.2) is 18.0 Å². The Morgan fingerprint density at radius 1 is 1.24 bits per heavy atom. The zero-order valence-electron chi connectivity index (χ0n) is 13.7. The molecular formula is C12H13N4NaO7S. The van der Waals surface area contributed by atoms with Crippen molar-refractivity contribution in [3.63, 3.8) is 0 Å². The first-order chi connectivity index (χ1) is 11.1. The first kappa shape index (κ1) is 19.9. The van der Waals surface area contributed by atoms with Crippen LogP contribution in [-0.2, 0) is 28.8 Å². The molecular weight excluding hydrogens is 367 g/mol. The zero-order chi connectivity index (χ0) is 17.8. The molecule has 11 nitrogen and oxygen atoms in total. The molecule has 0 spiro atoms. The molecule has 1 aromatic heterocycles. The van der Waals surface area contributed by atoms with Gasteiger partial charge in [-0.3, -0.25) is 9.36 Å². The molecule has 0 saturated carbocycles. The molecule has 130 valence electrons. The number of carbonyl (C=O) groups excluding carboxylic acids is 1. The van der Waals surface area contributed by atoms with Crippen LogP contribution in [0.5, 0.6) is 0 Å². The number of nitrogens with zero attached hydrogens (tertiary/aromatic N) is 4. The van der Waals surface area contributed by atoms with Crippen LogP contribution in [0, 0.1) is 0 Å². The minimum absolute atomic E-state index is 0. The second-order valence-corrected chi connectivity index (χ2v) is 6.44. The summed E-state index contributed by atoms with van der Waals surface area (Å²) in [7, 11) is -2.39. The number of hydrogen-bond donors (Lipinski definition) is 0. The molecule has 3 rings (SSSR count). The molecule has 13 heteroatoms. The van der Waals surface area contributed by atoms with Crippen molar-refractivity contribution in [3.05, 3.63) is 38.7 Å². The fourth-order valence-corrected chi connectivity index (χ4v) is 3.20. The smallest absolute Gasteiger partial charge is 0.724 e. The minimum atomic E-state index is -5.16. The van der Waals surface area contributed by atoms with Crippen molar-refractivity contribution in [1.82, 2.24) is 19.1 Å². The van der Waals surface area contributed by atoms with Gasteiger partial charge in [-0.15, -0.1) is 0 Å². The Kier molecular flexibility index (Phi) is 5.33. The normalized spacial score (nSPS) is 19.7. The fourth-order valence-electron chi connectivity index (χ4n) is 2.83. The van der Waals surface area contributed by atoms with E-state index >= 15 is 0 Å². The maximum Gasteiger partial charge on any atom is 1.00 e. The first-order valence-electron chi connectivity index (χ1n) is 6.81. The minimum Gasteiger partial charge on any atom is -0.724 e. The third kappa shape index (κ3) is 3.45. The Morgan fingerprint density at radius 2 is 1.88 bits per heavy atom. The van der Waals surface area contributed by atoms with Crippen molar-refractivity contribution < 1.29 is 51.6 Å². The molecule has 1 atom stereocenters. The average molecular weight is 380 g/mol. The summed E-state index contributed by atoms with van der Waals surface area (Å²) in [5, 5.41) is 0.450. The van der Waals surface area contributed by atoms with E-state index in [0.29, 0.717) is 10.6 Å². The summed E-state index contributed by atoms with van der Waals surface area (Å²) in [6.07, 6.45) is 2.87. The number of aryl methyl sites for hydroxylation is 1. The van der Waals surface area contributed by atoms with E-state index in [9.17, 15) is 27.4 Å². The summed E-state index contributed by atoms with van der Waals surface area (Å²) in [5.41, 5.74) is -0.686. The van der Waals surface area contributed by atoms with Crippen LogP contribution in [0.25, 0.3) is 5.57 Å². The van der Waals surface area contributed by atoms with Crippen LogP contribution in [0.2, 0.25) is 0 Å². The van der Waals surface area contributed by atoms with Crippen molar-refractivity contribution in [3.8, 4) is 0 Å². The number of carbonyl (C=O) groups is 1. The third-order valence-electron chi connectivity index (χ3n) is 3.96. The SMILES string of the molecule is Cn1cc(C2=CCN3CC2N(OS(=O)(=O)[O-])C3=O)c(=O)n(C)c1=O.[Na+]. The molecule has 2 amide bonds. The first-order valence-corrected chi connectivity index (χ1v) is 8.14. The Morgan fingerprint density at radius 3 is 2.48 bits per heavy atom. The number of rotatable bonds is 3. The van der Waals surface area contributed by atoms with E-state index in [1.54, 1.807) is 6.08 Å². The van der Waals surface area contributed by atoms with Gasteiger partial charge in [0.15, 0.2) is 0 Å². The Hall–Kier alpha value is -1.44. The van der Waals surface area contributed by atoms with Crippen LogP contribution in [-0.4, -0.2) is 57.2 Å². The van der Waals surface area contributed by atoms with Gasteiger partial charge in [0.1, 0.15) is 6.04 Å². The maximum absolute atomic E-state index is 12.4. The van der Waals surface area contributed by atoms with Crippen molar-refractivity contribution in [2.45, 2.75) is 6.04 Å². The van der Waals surface area contributed by atoms with Crippen molar-refractivity contribution in [2.24, 2.45) is 14.1 Å². The molecule has 2 aliphatic rings. The van der Waals surface area contributed by atoms with Gasteiger partial charge in [-0.1, -0.05) is 6.08 Å². The van der Waals surface area contributed by atoms with Crippen molar-refractivity contribution in [2.75, 3.05) is 13.1 Å². The van der Waals surface area contributed by atoms with Gasteiger partial charge in [0.05, 0.1) is 12.1 Å². The molecule has 1 saturated heterocycles. The molecule has 1 unspecified atom stereocenters. The van der Waals surface area contributed by atoms with Gasteiger partial charge >= 0.3 is 41.3 Å². The molecule has 1 aromatic rings. The number of amides is 2. The summed E-state index contributed by atoms with van der Waals surface area (Å²) in [6, 6.07) is -1.73. The van der Waals surface area contributed by atoms with Crippen LogP contribution >= 0.6 is 0 Å². The van der Waals surface area contributed by atoms with Crippen molar-refractivity contribution in [1.29, 1.82) is 0 Å². The predicted octanol–water partition coefficient (Wildman–Crippen LogP) is -5.02. The average Bonchev–Trinajstić information content (AvgIpc) is 2.73. The molecule has 25 heavy (non-hydrogen) atoms. The molecule has 0 N–H and O–H groups in total. The number of hydroxylamine groups is 2. The van der Waals surface area contributed by atoms with Gasteiger partial charge in [0.25, 0.3) is 5.56 Å². The Labute approximate surface area is 164 Å². The standard InChI is InChI=1S/C12H14N4O7S.Na/c1-13-5-8(10(17)14(2)11(13)18)7-3-4-15-6-9(7)16(12(15)19)23-24(20,21)22;/h3,5,9H,4,6H2,1-2H3,(H,20,21,22);/q;+1/p-1. The van der Waals surface area contributed by atoms with Crippen LogP contribution in [0.4, 0.5) is 4.79 Å². The van der Waals surface area contributed by atoms with Crippen LogP contribution in [0.15, 0.2) is 21.9 Å². The summed E-state index contributed by atoms with van der Waals surface area (Å²) in [4.78, 5) is 37.5. The molecule has 0 aromatic carbocycles. The van der Waals surface area contributed by atoms with Gasteiger partial charge in [0.2, 0.25) is 10.4 Å². The third-order valence-corrected chi connectivity index (χ3v) is 4.30. The number of aromatic nitrogens is 2. The second-order valence-electron chi connectivity index (χ2n) is 5.47. The molecule has 0 aliphatic carbocycles. The molecule has 1 fully saturated rings. The Balaban J connectivity index is 0.00000225. The Bertz CT molecular complexity index is 980. The molecule has 2 aliphatic heterocycles. The summed E-state index contributed by atoms with van der Waals surface area (Å²) < 4.78 is 38.9. The largest absolute Gasteiger partial charge is 1.00 e. The summed E-state index contributed by atoms with van der Waals surface area (Å²) in [5.74, 6) is 0. The number of fused-ring (bicyclic) bond motifs is 2. The monoisotopic (exact) mass is 380 g/mol. The van der Waals surface area contributed by atoms with E-state index in [1.165, 1.54) is 29.8 Å². The van der Waals surface area contributed by atoms with Crippen LogP contribution in [0.3, 0.4) is 0 Å². The molecule has 2 bridgehead atoms. The second kappa shape index (κ2) is 6.70. The van der Waals surface area contributed by atoms with Crippen LogP contribution in [0.1, 0.15) is 5.56 Å². The zero-order valence-corrected chi connectivity index (χ0v) is 16.5. The van der Waals surface area contributed by atoms with E-state index in [2.05, 4.69) is 4.28 Å². The topological polar surface area (TPSA) is 134 Å². The predicted molar refractivity (Wildman–Crippen MR) is 78.3 cm³/mol. The fraction of sp³-hybridized carbons (Fsp3) is 0.417. The number of hydrogen-bond acceptors (Lipinski definition) is 7.